The minimum absolute atomic E-state index is 0.336. The fourth-order valence-electron chi connectivity index (χ4n) is 1.70. The highest BCUT2D eigenvalue weighted by molar-refractivity contribution is 5.66. The van der Waals surface area contributed by atoms with Crippen LogP contribution in [0.1, 0.15) is 0 Å². The Morgan fingerprint density at radius 2 is 1.43 bits per heavy atom. The van der Waals surface area contributed by atoms with E-state index in [4.69, 9.17) is 5.11 Å². The average molecular weight is 308 g/mol. The van der Waals surface area contributed by atoms with Gasteiger partial charge in [0.15, 0.2) is 11.6 Å². The number of phenols is 1. The molecule has 2 aromatic rings. The van der Waals surface area contributed by atoms with E-state index in [1.54, 1.807) is 0 Å². The Hall–Kier alpha value is -2.38. The van der Waals surface area contributed by atoms with Crippen LogP contribution in [-0.2, 0) is 0 Å². The van der Waals surface area contributed by atoms with Gasteiger partial charge in [0.2, 0.25) is 0 Å². The number of halogens is 6. The summed E-state index contributed by atoms with van der Waals surface area (Å²) in [7, 11) is 0. The molecule has 0 heterocycles. The van der Waals surface area contributed by atoms with Crippen molar-refractivity contribution in [3.05, 3.63) is 47.8 Å². The first kappa shape index (κ1) is 15.0. The molecular weight excluding hydrogens is 302 g/mol. The SMILES string of the molecule is Oc1cc(F)c(-c2ccc(OC(F)(F)F)c(F)c2)c(F)c1. The average Bonchev–Trinajstić information content (AvgIpc) is 2.29. The summed E-state index contributed by atoms with van der Waals surface area (Å²) in [6.45, 7) is 0. The van der Waals surface area contributed by atoms with Crippen molar-refractivity contribution in [3.63, 3.8) is 0 Å². The molecule has 0 unspecified atom stereocenters. The summed E-state index contributed by atoms with van der Waals surface area (Å²) >= 11 is 0. The third-order valence-corrected chi connectivity index (χ3v) is 2.47. The fourth-order valence-corrected chi connectivity index (χ4v) is 1.70. The van der Waals surface area contributed by atoms with Crippen molar-refractivity contribution in [2.24, 2.45) is 0 Å². The highest BCUT2D eigenvalue weighted by atomic mass is 19.4. The summed E-state index contributed by atoms with van der Waals surface area (Å²) in [5.74, 6) is -5.60. The van der Waals surface area contributed by atoms with E-state index in [0.29, 0.717) is 24.3 Å². The Morgan fingerprint density at radius 3 is 1.90 bits per heavy atom. The van der Waals surface area contributed by atoms with Gasteiger partial charge in [-0.25, -0.2) is 13.2 Å². The molecule has 1 N–H and O–H groups in total. The highest BCUT2D eigenvalue weighted by Crippen LogP contribution is 2.33. The van der Waals surface area contributed by atoms with Crippen molar-refractivity contribution in [3.8, 4) is 22.6 Å². The van der Waals surface area contributed by atoms with Gasteiger partial charge in [-0.15, -0.1) is 13.2 Å². The van der Waals surface area contributed by atoms with E-state index in [9.17, 15) is 26.3 Å². The maximum atomic E-state index is 13.6. The Bertz CT molecular complexity index is 658. The number of hydrogen-bond acceptors (Lipinski definition) is 2. The van der Waals surface area contributed by atoms with Crippen LogP contribution in [0.2, 0.25) is 0 Å². The van der Waals surface area contributed by atoms with Crippen LogP contribution in [0.15, 0.2) is 30.3 Å². The van der Waals surface area contributed by atoms with Gasteiger partial charge in [-0.05, 0) is 17.7 Å². The van der Waals surface area contributed by atoms with Crippen LogP contribution in [0, 0.1) is 17.5 Å². The van der Waals surface area contributed by atoms with E-state index in [-0.39, 0.29) is 5.56 Å². The summed E-state index contributed by atoms with van der Waals surface area (Å²) in [6, 6.07) is 3.15. The normalized spacial score (nSPS) is 11.5. The molecular formula is C13H6F6O2. The summed E-state index contributed by atoms with van der Waals surface area (Å²) in [5.41, 5.74) is -1.01. The maximum absolute atomic E-state index is 13.6. The second kappa shape index (κ2) is 5.19. The number of ether oxygens (including phenoxy) is 1. The first-order chi connectivity index (χ1) is 9.67. The first-order valence-electron chi connectivity index (χ1n) is 5.41. The van der Waals surface area contributed by atoms with Crippen molar-refractivity contribution in [1.82, 2.24) is 0 Å². The topological polar surface area (TPSA) is 29.5 Å². The molecule has 0 aliphatic carbocycles. The van der Waals surface area contributed by atoms with Crippen molar-refractivity contribution in [2.45, 2.75) is 6.36 Å². The largest absolute Gasteiger partial charge is 0.573 e. The summed E-state index contributed by atoms with van der Waals surface area (Å²) < 4.78 is 80.0. The lowest BCUT2D eigenvalue weighted by atomic mass is 10.0. The number of phenolic OH excluding ortho intramolecular Hbond substituents is 1. The van der Waals surface area contributed by atoms with Gasteiger partial charge in [0.05, 0.1) is 5.56 Å². The van der Waals surface area contributed by atoms with Crippen molar-refractivity contribution in [1.29, 1.82) is 0 Å². The lowest BCUT2D eigenvalue weighted by Crippen LogP contribution is -2.17. The van der Waals surface area contributed by atoms with Crippen molar-refractivity contribution >= 4 is 0 Å². The van der Waals surface area contributed by atoms with Gasteiger partial charge < -0.3 is 9.84 Å². The van der Waals surface area contributed by atoms with Crippen LogP contribution in [0.5, 0.6) is 11.5 Å². The first-order valence-corrected chi connectivity index (χ1v) is 5.41. The molecule has 0 aromatic heterocycles. The molecule has 0 amide bonds. The molecule has 0 fully saturated rings. The summed E-state index contributed by atoms with van der Waals surface area (Å²) in [5, 5.41) is 8.99. The summed E-state index contributed by atoms with van der Waals surface area (Å²) in [6.07, 6.45) is -5.09. The fraction of sp³-hybridized carbons (Fsp3) is 0.0769. The number of benzene rings is 2. The van der Waals surface area contributed by atoms with Crippen LogP contribution in [0.3, 0.4) is 0 Å². The molecule has 0 atom stereocenters. The lowest BCUT2D eigenvalue weighted by molar-refractivity contribution is -0.275. The van der Waals surface area contributed by atoms with E-state index >= 15 is 0 Å². The molecule has 8 heteroatoms. The van der Waals surface area contributed by atoms with Crippen molar-refractivity contribution < 1.29 is 36.2 Å². The quantitative estimate of drug-likeness (QED) is 0.835. The Kier molecular flexibility index (Phi) is 3.71. The van der Waals surface area contributed by atoms with E-state index in [1.807, 2.05) is 0 Å². The van der Waals surface area contributed by atoms with Crippen LogP contribution in [-0.4, -0.2) is 11.5 Å². The Labute approximate surface area is 114 Å². The minimum Gasteiger partial charge on any atom is -0.508 e. The van der Waals surface area contributed by atoms with E-state index in [0.717, 1.165) is 6.07 Å². The molecule has 0 spiro atoms. The van der Waals surface area contributed by atoms with Gasteiger partial charge in [0, 0.05) is 12.1 Å². The molecule has 0 saturated heterocycles. The molecule has 2 nitrogen and oxygen atoms in total. The third-order valence-electron chi connectivity index (χ3n) is 2.47. The van der Waals surface area contributed by atoms with Gasteiger partial charge >= 0.3 is 6.36 Å². The molecule has 2 aromatic carbocycles. The van der Waals surface area contributed by atoms with Crippen LogP contribution in [0.25, 0.3) is 11.1 Å². The predicted molar refractivity (Wildman–Crippen MR) is 60.1 cm³/mol. The summed E-state index contributed by atoms with van der Waals surface area (Å²) in [4.78, 5) is 0. The van der Waals surface area contributed by atoms with Gasteiger partial charge in [0.25, 0.3) is 0 Å². The molecule has 21 heavy (non-hydrogen) atoms. The maximum Gasteiger partial charge on any atom is 0.573 e. The minimum atomic E-state index is -5.09. The smallest absolute Gasteiger partial charge is 0.508 e. The molecule has 2 rings (SSSR count). The van der Waals surface area contributed by atoms with E-state index in [1.165, 1.54) is 0 Å². The second-order valence-corrected chi connectivity index (χ2v) is 3.98. The number of alkyl halides is 3. The Morgan fingerprint density at radius 1 is 0.857 bits per heavy atom. The number of rotatable bonds is 2. The van der Waals surface area contributed by atoms with Gasteiger partial charge in [0.1, 0.15) is 17.4 Å². The molecule has 0 aliphatic heterocycles. The molecule has 0 aliphatic rings. The standard InChI is InChI=1S/C13H6F6O2/c14-8-3-6(1-2-11(8)21-13(17,18)19)12-9(15)4-7(20)5-10(12)16/h1-5,20H. The molecule has 0 radical (unpaired) electrons. The van der Waals surface area contributed by atoms with Crippen LogP contribution < -0.4 is 4.74 Å². The second-order valence-electron chi connectivity index (χ2n) is 3.98. The monoisotopic (exact) mass is 308 g/mol. The van der Waals surface area contributed by atoms with Gasteiger partial charge in [-0.1, -0.05) is 6.07 Å². The van der Waals surface area contributed by atoms with Gasteiger partial charge in [-0.3, -0.25) is 0 Å². The van der Waals surface area contributed by atoms with E-state index in [2.05, 4.69) is 4.74 Å². The van der Waals surface area contributed by atoms with Crippen LogP contribution >= 0.6 is 0 Å². The van der Waals surface area contributed by atoms with Gasteiger partial charge in [-0.2, -0.15) is 0 Å². The highest BCUT2D eigenvalue weighted by Gasteiger charge is 2.32. The third kappa shape index (κ3) is 3.39. The zero-order valence-corrected chi connectivity index (χ0v) is 10.0. The molecule has 0 bridgehead atoms. The number of aromatic hydroxyl groups is 1. The Balaban J connectivity index is 2.46. The zero-order chi connectivity index (χ0) is 15.8. The molecule has 0 saturated carbocycles. The van der Waals surface area contributed by atoms with Crippen LogP contribution in [0.4, 0.5) is 26.3 Å². The van der Waals surface area contributed by atoms with Crippen molar-refractivity contribution in [2.75, 3.05) is 0 Å². The number of hydrogen-bond donors (Lipinski definition) is 1. The predicted octanol–water partition coefficient (Wildman–Crippen LogP) is 4.38. The lowest BCUT2D eigenvalue weighted by Gasteiger charge is -2.11. The zero-order valence-electron chi connectivity index (χ0n) is 10.0. The molecule has 112 valence electrons. The van der Waals surface area contributed by atoms with E-state index < -0.39 is 40.9 Å².